The van der Waals surface area contributed by atoms with Crippen LogP contribution in [0.2, 0.25) is 0 Å². The Morgan fingerprint density at radius 1 is 1.40 bits per heavy atom. The van der Waals surface area contributed by atoms with E-state index in [0.29, 0.717) is 18.6 Å². The van der Waals surface area contributed by atoms with E-state index in [9.17, 15) is 14.0 Å². The average molecular weight is 346 g/mol. The molecule has 1 saturated carbocycles. The molecule has 0 aliphatic heterocycles. The topological polar surface area (TPSA) is 75.6 Å². The van der Waals surface area contributed by atoms with Crippen LogP contribution in [0.1, 0.15) is 12.8 Å². The van der Waals surface area contributed by atoms with Crippen LogP contribution < -0.4 is 10.1 Å². The summed E-state index contributed by atoms with van der Waals surface area (Å²) in [5.41, 5.74) is -0.00119. The fourth-order valence-corrected chi connectivity index (χ4v) is 2.63. The molecule has 0 aromatic heterocycles. The molecule has 1 aromatic rings. The Bertz CT molecular complexity index is 564. The van der Waals surface area contributed by atoms with Crippen LogP contribution in [0.3, 0.4) is 0 Å². The van der Waals surface area contributed by atoms with Gasteiger partial charge in [0.15, 0.2) is 5.82 Å². The molecule has 108 valence electrons. The first kappa shape index (κ1) is 14.8. The quantitative estimate of drug-likeness (QED) is 0.879. The van der Waals surface area contributed by atoms with Crippen LogP contribution in [0.25, 0.3) is 0 Å². The third-order valence-electron chi connectivity index (χ3n) is 3.45. The van der Waals surface area contributed by atoms with Gasteiger partial charge in [0.2, 0.25) is 5.91 Å². The number of carboxylic acids is 1. The van der Waals surface area contributed by atoms with Gasteiger partial charge in [-0.2, -0.15) is 0 Å². The summed E-state index contributed by atoms with van der Waals surface area (Å²) in [7, 11) is 1.41. The Morgan fingerprint density at radius 3 is 2.55 bits per heavy atom. The lowest BCUT2D eigenvalue weighted by atomic mass is 9.73. The number of hydrogen-bond donors (Lipinski definition) is 2. The Labute approximate surface area is 123 Å². The molecule has 1 aliphatic carbocycles. The van der Waals surface area contributed by atoms with Gasteiger partial charge in [-0.25, -0.2) is 4.39 Å². The first-order chi connectivity index (χ1) is 9.45. The van der Waals surface area contributed by atoms with Gasteiger partial charge < -0.3 is 15.2 Å². The first-order valence-electron chi connectivity index (χ1n) is 6.01. The predicted octanol–water partition coefficient (Wildman–Crippen LogP) is 2.65. The highest BCUT2D eigenvalue weighted by Crippen LogP contribution is 2.37. The van der Waals surface area contributed by atoms with Crippen LogP contribution in [0, 0.1) is 17.7 Å². The van der Waals surface area contributed by atoms with Crippen molar-refractivity contribution in [2.45, 2.75) is 12.8 Å². The van der Waals surface area contributed by atoms with Crippen LogP contribution >= 0.6 is 15.9 Å². The number of ether oxygens (including phenoxy) is 1. The Hall–Kier alpha value is -1.63. The minimum absolute atomic E-state index is 0.00119. The maximum atomic E-state index is 14.0. The van der Waals surface area contributed by atoms with Gasteiger partial charge in [0.05, 0.1) is 29.1 Å². The summed E-state index contributed by atoms with van der Waals surface area (Å²) >= 11 is 3.04. The second-order valence-corrected chi connectivity index (χ2v) is 5.35. The van der Waals surface area contributed by atoms with E-state index in [1.54, 1.807) is 0 Å². The van der Waals surface area contributed by atoms with E-state index in [4.69, 9.17) is 9.84 Å². The third-order valence-corrected chi connectivity index (χ3v) is 4.19. The number of aliphatic carboxylic acids is 1. The number of methoxy groups -OCH3 is 1. The number of amides is 1. The molecule has 0 spiro atoms. The van der Waals surface area contributed by atoms with Gasteiger partial charge in [0.1, 0.15) is 5.75 Å². The monoisotopic (exact) mass is 345 g/mol. The lowest BCUT2D eigenvalue weighted by molar-refractivity contribution is -0.151. The van der Waals surface area contributed by atoms with E-state index >= 15 is 0 Å². The van der Waals surface area contributed by atoms with E-state index in [0.717, 1.165) is 0 Å². The average Bonchev–Trinajstić information content (AvgIpc) is 2.33. The van der Waals surface area contributed by atoms with E-state index in [2.05, 4.69) is 21.2 Å². The highest BCUT2D eigenvalue weighted by molar-refractivity contribution is 9.10. The number of carbonyl (C=O) groups is 2. The third kappa shape index (κ3) is 2.63. The maximum absolute atomic E-state index is 14.0. The minimum Gasteiger partial charge on any atom is -0.495 e. The molecule has 0 heterocycles. The summed E-state index contributed by atoms with van der Waals surface area (Å²) in [5, 5.41) is 11.3. The van der Waals surface area contributed by atoms with Crippen LogP contribution in [-0.4, -0.2) is 24.1 Å². The van der Waals surface area contributed by atoms with Crippen molar-refractivity contribution < 1.29 is 23.8 Å². The molecule has 0 radical (unpaired) electrons. The van der Waals surface area contributed by atoms with Gasteiger partial charge in [-0.05, 0) is 40.9 Å². The molecule has 7 heteroatoms. The number of hydrogen-bond acceptors (Lipinski definition) is 3. The van der Waals surface area contributed by atoms with Crippen molar-refractivity contribution in [1.29, 1.82) is 0 Å². The molecule has 1 aliphatic rings. The molecule has 2 N–H and O–H groups in total. The highest BCUT2D eigenvalue weighted by Gasteiger charge is 2.41. The molecule has 2 atom stereocenters. The minimum atomic E-state index is -0.993. The molecule has 1 fully saturated rings. The predicted molar refractivity (Wildman–Crippen MR) is 73.1 cm³/mol. The maximum Gasteiger partial charge on any atom is 0.307 e. The van der Waals surface area contributed by atoms with E-state index in [1.165, 1.54) is 19.2 Å². The van der Waals surface area contributed by atoms with E-state index < -0.39 is 29.5 Å². The normalized spacial score (nSPS) is 20.9. The Morgan fingerprint density at radius 2 is 2.05 bits per heavy atom. The summed E-state index contributed by atoms with van der Waals surface area (Å²) < 4.78 is 19.0. The summed E-state index contributed by atoms with van der Waals surface area (Å²) in [6, 6.07) is 2.89. The largest absolute Gasteiger partial charge is 0.495 e. The zero-order chi connectivity index (χ0) is 14.9. The number of anilines is 1. The van der Waals surface area contributed by atoms with Crippen molar-refractivity contribution in [2.24, 2.45) is 11.8 Å². The summed E-state index contributed by atoms with van der Waals surface area (Å²) in [4.78, 5) is 22.8. The molecule has 2 rings (SSSR count). The highest BCUT2D eigenvalue weighted by atomic mass is 79.9. The summed E-state index contributed by atoms with van der Waals surface area (Å²) in [6.45, 7) is 0. The number of benzene rings is 1. The van der Waals surface area contributed by atoms with Crippen molar-refractivity contribution in [2.75, 3.05) is 12.4 Å². The number of rotatable bonds is 4. The smallest absolute Gasteiger partial charge is 0.307 e. The van der Waals surface area contributed by atoms with Crippen molar-refractivity contribution >= 4 is 33.5 Å². The molecular weight excluding hydrogens is 333 g/mol. The second kappa shape index (κ2) is 5.78. The zero-order valence-electron chi connectivity index (χ0n) is 10.7. The number of carboxylic acid groups (broad SMARTS) is 1. The van der Waals surface area contributed by atoms with Crippen LogP contribution in [0.4, 0.5) is 10.1 Å². The van der Waals surface area contributed by atoms with Crippen molar-refractivity contribution in [3.05, 3.63) is 22.4 Å². The molecule has 0 unspecified atom stereocenters. The zero-order valence-corrected chi connectivity index (χ0v) is 12.2. The van der Waals surface area contributed by atoms with Crippen LogP contribution in [0.5, 0.6) is 5.75 Å². The standard InChI is InChI=1S/C13H13BrFNO4/c1-20-9-5-4-8(11(15)10(9)14)16-12(17)6-2-3-7(6)13(18)19/h4-7H,2-3H2,1H3,(H,16,17)(H,18,19)/t6-,7+/m1/s1. The molecule has 1 amide bonds. The summed E-state index contributed by atoms with van der Waals surface area (Å²) in [6.07, 6.45) is 0.976. The SMILES string of the molecule is COc1ccc(NC(=O)[C@@H]2CC[C@@H]2C(=O)O)c(F)c1Br. The van der Waals surface area contributed by atoms with Gasteiger partial charge in [0, 0.05) is 0 Å². The molecular formula is C13H13BrFNO4. The van der Waals surface area contributed by atoms with E-state index in [1.807, 2.05) is 0 Å². The molecule has 0 saturated heterocycles. The van der Waals surface area contributed by atoms with Crippen molar-refractivity contribution in [1.82, 2.24) is 0 Å². The van der Waals surface area contributed by atoms with E-state index in [-0.39, 0.29) is 10.2 Å². The van der Waals surface area contributed by atoms with Crippen LogP contribution in [-0.2, 0) is 9.59 Å². The van der Waals surface area contributed by atoms with Gasteiger partial charge >= 0.3 is 5.97 Å². The Balaban J connectivity index is 2.13. The molecule has 20 heavy (non-hydrogen) atoms. The van der Waals surface area contributed by atoms with Gasteiger partial charge in [-0.15, -0.1) is 0 Å². The molecule has 5 nitrogen and oxygen atoms in total. The lowest BCUT2D eigenvalue weighted by Gasteiger charge is -2.31. The first-order valence-corrected chi connectivity index (χ1v) is 6.80. The van der Waals surface area contributed by atoms with Crippen LogP contribution in [0.15, 0.2) is 16.6 Å². The number of carbonyl (C=O) groups excluding carboxylic acids is 1. The Kier molecular flexibility index (Phi) is 4.27. The van der Waals surface area contributed by atoms with Crippen molar-refractivity contribution in [3.8, 4) is 5.75 Å². The van der Waals surface area contributed by atoms with Gasteiger partial charge in [0.25, 0.3) is 0 Å². The molecule has 1 aromatic carbocycles. The fourth-order valence-electron chi connectivity index (χ4n) is 2.12. The van der Waals surface area contributed by atoms with Gasteiger partial charge in [-0.1, -0.05) is 0 Å². The summed E-state index contributed by atoms with van der Waals surface area (Å²) in [5.74, 6) is -3.09. The lowest BCUT2D eigenvalue weighted by Crippen LogP contribution is -2.41. The van der Waals surface area contributed by atoms with Gasteiger partial charge in [-0.3, -0.25) is 9.59 Å². The number of halogens is 2. The number of nitrogens with one attached hydrogen (secondary N) is 1. The van der Waals surface area contributed by atoms with Crippen molar-refractivity contribution in [3.63, 3.8) is 0 Å². The second-order valence-electron chi connectivity index (χ2n) is 4.56. The fraction of sp³-hybridized carbons (Fsp3) is 0.385. The molecule has 0 bridgehead atoms.